The fourth-order valence-electron chi connectivity index (χ4n) is 1.88. The molecule has 5 heteroatoms. The number of hydrogen-bond acceptors (Lipinski definition) is 2. The zero-order chi connectivity index (χ0) is 13.1. The minimum atomic E-state index is -0.199. The van der Waals surface area contributed by atoms with Crippen molar-refractivity contribution in [2.24, 2.45) is 12.8 Å². The normalized spacial score (nSPS) is 11.7. The Morgan fingerprint density at radius 1 is 1.37 bits per heavy atom. The van der Waals surface area contributed by atoms with E-state index in [1.165, 1.54) is 0 Å². The summed E-state index contributed by atoms with van der Waals surface area (Å²) in [6.45, 7) is 2.40. The first-order valence-corrected chi connectivity index (χ1v) is 5.97. The number of ketones is 1. The fraction of sp³-hybridized carbons (Fsp3) is 0.286. The molecule has 2 N–H and O–H groups in total. The maximum Gasteiger partial charge on any atom is 0.244 e. The van der Waals surface area contributed by atoms with Gasteiger partial charge in [-0.2, -0.15) is 0 Å². The van der Waals surface area contributed by atoms with Crippen LogP contribution in [0.5, 0.6) is 0 Å². The fourth-order valence-corrected chi connectivity index (χ4v) is 1.88. The molecule has 0 radical (unpaired) electrons. The van der Waals surface area contributed by atoms with Crippen LogP contribution in [0.25, 0.3) is 0 Å². The molecule has 0 fully saturated rings. The third-order valence-corrected chi connectivity index (χ3v) is 3.09. The van der Waals surface area contributed by atoms with Crippen molar-refractivity contribution in [2.75, 3.05) is 0 Å². The van der Waals surface area contributed by atoms with Gasteiger partial charge in [-0.05, 0) is 12.5 Å². The molecule has 0 saturated heterocycles. The smallest absolute Gasteiger partial charge is 0.244 e. The van der Waals surface area contributed by atoms with Crippen molar-refractivity contribution in [3.63, 3.8) is 0 Å². The molecule has 4 nitrogen and oxygen atoms in total. The molecular weight excluding hydrogens is 306 g/mol. The van der Waals surface area contributed by atoms with Crippen molar-refractivity contribution >= 4 is 5.78 Å². The Labute approximate surface area is 123 Å². The van der Waals surface area contributed by atoms with Crippen LogP contribution >= 0.6 is 0 Å². The van der Waals surface area contributed by atoms with Crippen molar-refractivity contribution in [1.82, 2.24) is 4.57 Å². The summed E-state index contributed by atoms with van der Waals surface area (Å²) in [5, 5.41) is 0. The summed E-state index contributed by atoms with van der Waals surface area (Å²) in [4.78, 5) is 12.3. The number of carbonyl (C=O) groups is 1. The third kappa shape index (κ3) is 3.52. The molecule has 1 heterocycles. The molecule has 2 aromatic rings. The lowest BCUT2D eigenvalue weighted by molar-refractivity contribution is -0.704. The van der Waals surface area contributed by atoms with Gasteiger partial charge in [0.2, 0.25) is 12.1 Å². The topological polar surface area (TPSA) is 51.9 Å². The van der Waals surface area contributed by atoms with Gasteiger partial charge in [0, 0.05) is 12.1 Å². The highest BCUT2D eigenvalue weighted by molar-refractivity contribution is 5.97. The van der Waals surface area contributed by atoms with Crippen molar-refractivity contribution in [3.05, 3.63) is 54.1 Å². The lowest BCUT2D eigenvalue weighted by Gasteiger charge is -2.07. The van der Waals surface area contributed by atoms with E-state index in [2.05, 4.69) is 0 Å². The largest absolute Gasteiger partial charge is 1.00 e. The third-order valence-electron chi connectivity index (χ3n) is 3.09. The van der Waals surface area contributed by atoms with E-state index in [9.17, 15) is 4.79 Å². The van der Waals surface area contributed by atoms with Crippen LogP contribution in [-0.2, 0) is 13.6 Å². The van der Waals surface area contributed by atoms with Crippen LogP contribution in [0, 0.1) is 0 Å². The number of imidazole rings is 1. The van der Waals surface area contributed by atoms with Crippen LogP contribution in [0.15, 0.2) is 43.0 Å². The van der Waals surface area contributed by atoms with Gasteiger partial charge < -0.3 is 22.7 Å². The molecule has 1 aromatic heterocycles. The summed E-state index contributed by atoms with van der Waals surface area (Å²) in [7, 11) is 1.93. The van der Waals surface area contributed by atoms with E-state index in [0.29, 0.717) is 6.54 Å². The number of rotatable bonds is 4. The van der Waals surface area contributed by atoms with Gasteiger partial charge in [0.05, 0.1) is 7.05 Å². The Kier molecular flexibility index (Phi) is 5.44. The molecule has 1 unspecified atom stereocenters. The van der Waals surface area contributed by atoms with Gasteiger partial charge in [0.1, 0.15) is 12.4 Å². The minimum absolute atomic E-state index is 0. The number of halogens is 1. The highest BCUT2D eigenvalue weighted by Gasteiger charge is 2.20. The van der Waals surface area contributed by atoms with E-state index in [4.69, 9.17) is 5.73 Å². The number of carbonyl (C=O) groups excluding carboxylic acids is 1. The maximum atomic E-state index is 12.3. The molecule has 2 rings (SSSR count). The van der Waals surface area contributed by atoms with Crippen LogP contribution in [-0.4, -0.2) is 10.4 Å². The van der Waals surface area contributed by atoms with Gasteiger partial charge in [0.15, 0.2) is 6.04 Å². The molecule has 1 atom stereocenters. The lowest BCUT2D eigenvalue weighted by atomic mass is 10.0. The average molecular weight is 324 g/mol. The molecule has 0 aliphatic carbocycles. The van der Waals surface area contributed by atoms with Gasteiger partial charge >= 0.3 is 0 Å². The Hall–Kier alpha value is -1.46. The summed E-state index contributed by atoms with van der Waals surface area (Å²) >= 11 is 0. The zero-order valence-electron chi connectivity index (χ0n) is 11.1. The highest BCUT2D eigenvalue weighted by Crippen LogP contribution is 2.10. The van der Waals surface area contributed by atoms with Gasteiger partial charge in [0.25, 0.3) is 0 Å². The first kappa shape index (κ1) is 15.6. The summed E-state index contributed by atoms with van der Waals surface area (Å²) in [5.74, 6) is 0.106. The summed E-state index contributed by atoms with van der Waals surface area (Å²) in [6, 6.07) is 7.27. The van der Waals surface area contributed by atoms with Crippen molar-refractivity contribution in [3.8, 4) is 0 Å². The van der Waals surface area contributed by atoms with Crippen molar-refractivity contribution < 1.29 is 26.3 Å². The Balaban J connectivity index is 0.00000180. The molecule has 0 spiro atoms. The molecule has 1 aromatic carbocycles. The monoisotopic (exact) mass is 323 g/mol. The van der Waals surface area contributed by atoms with Crippen LogP contribution in [0.3, 0.4) is 0 Å². The van der Waals surface area contributed by atoms with Gasteiger partial charge in [-0.3, -0.25) is 4.79 Å². The molecule has 0 aliphatic heterocycles. The van der Waals surface area contributed by atoms with Crippen molar-refractivity contribution in [1.29, 1.82) is 0 Å². The summed E-state index contributed by atoms with van der Waals surface area (Å²) in [5.41, 5.74) is 7.29. The van der Waals surface area contributed by atoms with Gasteiger partial charge in [-0.15, -0.1) is 0 Å². The predicted octanol–water partition coefficient (Wildman–Crippen LogP) is -1.78. The van der Waals surface area contributed by atoms with E-state index in [1.54, 1.807) is 0 Å². The average Bonchev–Trinajstić information content (AvgIpc) is 2.84. The second-order valence-electron chi connectivity index (χ2n) is 4.47. The Morgan fingerprint density at radius 2 is 2.00 bits per heavy atom. The summed E-state index contributed by atoms with van der Waals surface area (Å²) in [6.07, 6.45) is 5.72. The number of nitrogens with two attached hydrogens (primary N) is 1. The number of aromatic nitrogens is 2. The van der Waals surface area contributed by atoms with Crippen LogP contribution in [0.1, 0.15) is 28.9 Å². The molecular formula is C14H18BrN3O. The first-order valence-electron chi connectivity index (χ1n) is 5.97. The molecule has 0 amide bonds. The van der Waals surface area contributed by atoms with E-state index in [1.807, 2.05) is 66.1 Å². The van der Waals surface area contributed by atoms with E-state index in [-0.39, 0.29) is 28.8 Å². The molecule has 0 aliphatic rings. The van der Waals surface area contributed by atoms with Crippen LogP contribution in [0.2, 0.25) is 0 Å². The quantitative estimate of drug-likeness (QED) is 0.534. The number of benzene rings is 1. The van der Waals surface area contributed by atoms with Gasteiger partial charge in [-0.25, -0.2) is 9.13 Å². The standard InChI is InChI=1S/C14H18N3O.BrH/c1-11(17-8-7-16(2)10-17)14(18)13-5-3-12(9-15)4-6-13;/h3-8,10-11H,9,15H2,1-2H3;1H/q+1;/p-1. The molecule has 102 valence electrons. The van der Waals surface area contributed by atoms with E-state index < -0.39 is 0 Å². The highest BCUT2D eigenvalue weighted by atomic mass is 79.9. The molecule has 0 bridgehead atoms. The predicted molar refractivity (Wildman–Crippen MR) is 69.0 cm³/mol. The lowest BCUT2D eigenvalue weighted by Crippen LogP contribution is -3.00. The summed E-state index contributed by atoms with van der Waals surface area (Å²) < 4.78 is 3.82. The number of nitrogens with zero attached hydrogens (tertiary/aromatic N) is 2. The number of aryl methyl sites for hydroxylation is 1. The van der Waals surface area contributed by atoms with Crippen LogP contribution < -0.4 is 27.3 Å². The number of Topliss-reactive ketones (excluding diaryl/α,β-unsaturated/α-hetero) is 1. The second-order valence-corrected chi connectivity index (χ2v) is 4.47. The van der Waals surface area contributed by atoms with E-state index in [0.717, 1.165) is 11.1 Å². The van der Waals surface area contributed by atoms with Gasteiger partial charge in [-0.1, -0.05) is 24.3 Å². The molecule has 0 saturated carbocycles. The maximum absolute atomic E-state index is 12.3. The molecule has 19 heavy (non-hydrogen) atoms. The van der Waals surface area contributed by atoms with E-state index >= 15 is 0 Å². The zero-order valence-corrected chi connectivity index (χ0v) is 12.7. The SMILES string of the molecule is CC(C(=O)c1ccc(CN)cc1)[n+]1ccn(C)c1.[Br-]. The van der Waals surface area contributed by atoms with Crippen LogP contribution in [0.4, 0.5) is 0 Å². The van der Waals surface area contributed by atoms with Crippen molar-refractivity contribution in [2.45, 2.75) is 19.5 Å². The Morgan fingerprint density at radius 3 is 2.47 bits per heavy atom. The minimum Gasteiger partial charge on any atom is -1.00 e. The first-order chi connectivity index (χ1) is 8.61. The number of hydrogen-bond donors (Lipinski definition) is 1. The Bertz CT molecular complexity index is 548. The second kappa shape index (κ2) is 6.63.